The summed E-state index contributed by atoms with van der Waals surface area (Å²) in [5, 5.41) is 9.01. The molecule has 19 heavy (non-hydrogen) atoms. The zero-order valence-corrected chi connectivity index (χ0v) is 11.1. The second-order valence-electron chi connectivity index (χ2n) is 4.35. The van der Waals surface area contributed by atoms with Crippen molar-refractivity contribution in [2.75, 3.05) is 6.61 Å². The van der Waals surface area contributed by atoms with Gasteiger partial charge in [-0.15, -0.1) is 0 Å². The molecule has 1 aromatic rings. The summed E-state index contributed by atoms with van der Waals surface area (Å²) in [6.07, 6.45) is 0. The molecule has 1 aromatic carbocycles. The summed E-state index contributed by atoms with van der Waals surface area (Å²) in [6, 6.07) is -0.337. The van der Waals surface area contributed by atoms with Crippen molar-refractivity contribution < 1.29 is 26.7 Å². The Morgan fingerprint density at radius 3 is 2.05 bits per heavy atom. The summed E-state index contributed by atoms with van der Waals surface area (Å²) < 4.78 is 65.2. The van der Waals surface area contributed by atoms with Gasteiger partial charge in [-0.3, -0.25) is 0 Å². The summed E-state index contributed by atoms with van der Waals surface area (Å²) in [4.78, 5) is -1.26. The van der Waals surface area contributed by atoms with E-state index in [1.165, 1.54) is 0 Å². The highest BCUT2D eigenvalue weighted by atomic mass is 32.2. The van der Waals surface area contributed by atoms with E-state index in [4.69, 9.17) is 5.11 Å². The van der Waals surface area contributed by atoms with E-state index in [2.05, 4.69) is 0 Å². The third-order valence-electron chi connectivity index (χ3n) is 2.54. The molecule has 0 amide bonds. The lowest BCUT2D eigenvalue weighted by atomic mass is 10.1. The topological polar surface area (TPSA) is 66.4 Å². The first-order valence-corrected chi connectivity index (χ1v) is 6.95. The predicted molar refractivity (Wildman–Crippen MR) is 62.3 cm³/mol. The summed E-state index contributed by atoms with van der Waals surface area (Å²) in [5.41, 5.74) is 0. The number of aliphatic hydroxyl groups is 1. The molecule has 0 aliphatic rings. The average Bonchev–Trinajstić information content (AvgIpc) is 2.23. The fourth-order valence-corrected chi connectivity index (χ4v) is 2.92. The maximum Gasteiger partial charge on any atom is 0.246 e. The molecule has 0 unspecified atom stereocenters. The van der Waals surface area contributed by atoms with E-state index in [1.54, 1.807) is 13.8 Å². The zero-order valence-electron chi connectivity index (χ0n) is 10.3. The predicted octanol–water partition coefficient (Wildman–Crippen LogP) is 1.40. The number of hydrogen-bond donors (Lipinski definition) is 2. The standard InChI is InChI=1S/C11H14F3NO3S/c1-6(2)10(5-16)15-19(17,18)11-8(13)3-7(12)4-9(11)14/h3-4,6,10,15-16H,5H2,1-2H3/t10-/m1/s1. The van der Waals surface area contributed by atoms with Crippen LogP contribution in [0.25, 0.3) is 0 Å². The molecule has 2 N–H and O–H groups in total. The molecule has 0 aliphatic heterocycles. The smallest absolute Gasteiger partial charge is 0.246 e. The normalized spacial score (nSPS) is 13.8. The quantitative estimate of drug-likeness (QED) is 0.863. The van der Waals surface area contributed by atoms with E-state index < -0.39 is 45.0 Å². The average molecular weight is 297 g/mol. The minimum Gasteiger partial charge on any atom is -0.395 e. The van der Waals surface area contributed by atoms with Crippen molar-refractivity contribution in [2.24, 2.45) is 5.92 Å². The van der Waals surface area contributed by atoms with Gasteiger partial charge in [-0.25, -0.2) is 26.3 Å². The van der Waals surface area contributed by atoms with Crippen molar-refractivity contribution in [3.63, 3.8) is 0 Å². The van der Waals surface area contributed by atoms with Crippen LogP contribution in [0, 0.1) is 23.4 Å². The molecule has 108 valence electrons. The number of nitrogens with one attached hydrogen (secondary N) is 1. The Morgan fingerprint density at radius 2 is 1.68 bits per heavy atom. The SMILES string of the molecule is CC(C)[C@@H](CO)NS(=O)(=O)c1c(F)cc(F)cc1F. The van der Waals surface area contributed by atoms with E-state index in [-0.39, 0.29) is 18.1 Å². The van der Waals surface area contributed by atoms with Gasteiger partial charge in [-0.1, -0.05) is 13.8 Å². The van der Waals surface area contributed by atoms with Crippen LogP contribution in [0.4, 0.5) is 13.2 Å². The largest absolute Gasteiger partial charge is 0.395 e. The number of aliphatic hydroxyl groups excluding tert-OH is 1. The highest BCUT2D eigenvalue weighted by Gasteiger charge is 2.28. The molecule has 0 fully saturated rings. The summed E-state index contributed by atoms with van der Waals surface area (Å²) >= 11 is 0. The first-order chi connectivity index (χ1) is 8.69. The van der Waals surface area contributed by atoms with Crippen LogP contribution in [-0.2, 0) is 10.0 Å². The third-order valence-corrected chi connectivity index (χ3v) is 4.08. The Hall–Kier alpha value is -1.12. The Bertz CT molecular complexity index is 537. The molecule has 4 nitrogen and oxygen atoms in total. The van der Waals surface area contributed by atoms with Gasteiger partial charge in [0, 0.05) is 18.2 Å². The van der Waals surface area contributed by atoms with Crippen LogP contribution >= 0.6 is 0 Å². The van der Waals surface area contributed by atoms with Gasteiger partial charge in [0.1, 0.15) is 17.5 Å². The maximum absolute atomic E-state index is 13.4. The van der Waals surface area contributed by atoms with E-state index in [0.717, 1.165) is 0 Å². The van der Waals surface area contributed by atoms with E-state index in [0.29, 0.717) is 0 Å². The minimum atomic E-state index is -4.52. The minimum absolute atomic E-state index is 0.279. The second-order valence-corrected chi connectivity index (χ2v) is 6.00. The van der Waals surface area contributed by atoms with Crippen LogP contribution < -0.4 is 4.72 Å². The van der Waals surface area contributed by atoms with Gasteiger partial charge in [0.15, 0.2) is 4.90 Å². The molecule has 1 atom stereocenters. The van der Waals surface area contributed by atoms with Crippen molar-refractivity contribution in [1.29, 1.82) is 0 Å². The number of benzene rings is 1. The van der Waals surface area contributed by atoms with Crippen molar-refractivity contribution in [1.82, 2.24) is 4.72 Å². The van der Waals surface area contributed by atoms with Gasteiger partial charge in [-0.05, 0) is 5.92 Å². The molecule has 1 rings (SSSR count). The number of sulfonamides is 1. The van der Waals surface area contributed by atoms with Crippen molar-refractivity contribution >= 4 is 10.0 Å². The van der Waals surface area contributed by atoms with Crippen molar-refractivity contribution in [2.45, 2.75) is 24.8 Å². The molecule has 0 spiro atoms. The zero-order chi connectivity index (χ0) is 14.8. The second kappa shape index (κ2) is 5.89. The Morgan fingerprint density at radius 1 is 1.21 bits per heavy atom. The van der Waals surface area contributed by atoms with Crippen LogP contribution in [0.15, 0.2) is 17.0 Å². The summed E-state index contributed by atoms with van der Waals surface area (Å²) in [5.74, 6) is -4.54. The molecule has 0 saturated heterocycles. The van der Waals surface area contributed by atoms with E-state index in [9.17, 15) is 21.6 Å². The Balaban J connectivity index is 3.21. The molecule has 8 heteroatoms. The monoisotopic (exact) mass is 297 g/mol. The lowest BCUT2D eigenvalue weighted by Gasteiger charge is -2.20. The molecular weight excluding hydrogens is 283 g/mol. The first kappa shape index (κ1) is 15.9. The first-order valence-electron chi connectivity index (χ1n) is 5.46. The lowest BCUT2D eigenvalue weighted by Crippen LogP contribution is -2.41. The van der Waals surface area contributed by atoms with Gasteiger partial charge < -0.3 is 5.11 Å². The van der Waals surface area contributed by atoms with Crippen LogP contribution in [0.2, 0.25) is 0 Å². The highest BCUT2D eigenvalue weighted by molar-refractivity contribution is 7.89. The summed E-state index contributed by atoms with van der Waals surface area (Å²) in [6.45, 7) is 2.73. The number of rotatable bonds is 5. The van der Waals surface area contributed by atoms with Crippen molar-refractivity contribution in [3.8, 4) is 0 Å². The third kappa shape index (κ3) is 3.68. The number of hydrogen-bond acceptors (Lipinski definition) is 3. The maximum atomic E-state index is 13.4. The van der Waals surface area contributed by atoms with Gasteiger partial charge in [0.2, 0.25) is 10.0 Å². The van der Waals surface area contributed by atoms with Gasteiger partial charge >= 0.3 is 0 Å². The van der Waals surface area contributed by atoms with Crippen LogP contribution in [0.5, 0.6) is 0 Å². The molecule has 0 bridgehead atoms. The molecule has 0 aromatic heterocycles. The molecule has 0 saturated carbocycles. The lowest BCUT2D eigenvalue weighted by molar-refractivity contribution is 0.227. The molecule has 0 aliphatic carbocycles. The van der Waals surface area contributed by atoms with Crippen LogP contribution in [-0.4, -0.2) is 26.2 Å². The van der Waals surface area contributed by atoms with Gasteiger partial charge in [0.05, 0.1) is 6.61 Å². The Labute approximate surface area is 109 Å². The van der Waals surface area contributed by atoms with Crippen molar-refractivity contribution in [3.05, 3.63) is 29.6 Å². The van der Waals surface area contributed by atoms with Crippen LogP contribution in [0.1, 0.15) is 13.8 Å². The molecular formula is C11H14F3NO3S. The Kier molecular flexibility index (Phi) is 4.94. The van der Waals surface area contributed by atoms with E-state index >= 15 is 0 Å². The molecule has 0 heterocycles. The van der Waals surface area contributed by atoms with Gasteiger partial charge in [0.25, 0.3) is 0 Å². The fourth-order valence-electron chi connectivity index (χ4n) is 1.43. The fraction of sp³-hybridized carbons (Fsp3) is 0.455. The van der Waals surface area contributed by atoms with Crippen LogP contribution in [0.3, 0.4) is 0 Å². The molecule has 0 radical (unpaired) electrons. The summed E-state index contributed by atoms with van der Waals surface area (Å²) in [7, 11) is -4.52. The van der Waals surface area contributed by atoms with E-state index in [1.807, 2.05) is 4.72 Å². The number of halogens is 3. The van der Waals surface area contributed by atoms with Gasteiger partial charge in [-0.2, -0.15) is 0 Å². The highest BCUT2D eigenvalue weighted by Crippen LogP contribution is 2.20.